The zero-order valence-corrected chi connectivity index (χ0v) is 15.9. The van der Waals surface area contributed by atoms with Crippen molar-refractivity contribution in [2.75, 3.05) is 25.2 Å². The Balaban J connectivity index is 1.99. The van der Waals surface area contributed by atoms with Crippen LogP contribution in [0, 0.1) is 0 Å². The molecular weight excluding hydrogens is 376 g/mol. The predicted molar refractivity (Wildman–Crippen MR) is 101 cm³/mol. The lowest BCUT2D eigenvalue weighted by molar-refractivity contribution is 0.182. The van der Waals surface area contributed by atoms with Crippen molar-refractivity contribution in [1.29, 1.82) is 0 Å². The molecule has 0 heterocycles. The summed E-state index contributed by atoms with van der Waals surface area (Å²) < 4.78 is 31.5. The van der Waals surface area contributed by atoms with Crippen molar-refractivity contribution < 1.29 is 23.1 Å². The van der Waals surface area contributed by atoms with Crippen LogP contribution in [0.2, 0.25) is 0 Å². The molecule has 0 aliphatic rings. The van der Waals surface area contributed by atoms with Crippen LogP contribution >= 0.6 is 11.8 Å². The molecule has 0 radical (unpaired) electrons. The molecule has 2 rings (SSSR count). The summed E-state index contributed by atoms with van der Waals surface area (Å²) in [5.74, 6) is 0. The standard InChI is InChI=1S/C17H20N2O5S2/c1-24-17(21)19-13-5-9-15(10-6-13)26(22,23)18-11-16(20)12-3-7-14(25-2)8-4-12/h3-10,16,18,20H,11H2,1-2H3,(H,19,21)/t16-/m0/s1. The van der Waals surface area contributed by atoms with Crippen LogP contribution in [0.1, 0.15) is 11.7 Å². The van der Waals surface area contributed by atoms with E-state index in [1.807, 2.05) is 18.4 Å². The maximum atomic E-state index is 12.3. The summed E-state index contributed by atoms with van der Waals surface area (Å²) in [4.78, 5) is 12.2. The molecule has 0 saturated heterocycles. The Morgan fingerprint density at radius 3 is 2.31 bits per heavy atom. The molecule has 0 aliphatic heterocycles. The maximum Gasteiger partial charge on any atom is 0.411 e. The van der Waals surface area contributed by atoms with Crippen molar-refractivity contribution in [3.8, 4) is 0 Å². The average Bonchev–Trinajstić information content (AvgIpc) is 2.66. The van der Waals surface area contributed by atoms with Crippen LogP contribution in [-0.2, 0) is 14.8 Å². The summed E-state index contributed by atoms with van der Waals surface area (Å²) in [6.07, 6.45) is 0.348. The van der Waals surface area contributed by atoms with Crippen LogP contribution in [-0.4, -0.2) is 39.5 Å². The average molecular weight is 396 g/mol. The van der Waals surface area contributed by atoms with E-state index in [1.165, 1.54) is 31.4 Å². The molecular formula is C17H20N2O5S2. The Morgan fingerprint density at radius 1 is 1.15 bits per heavy atom. The third-order valence-corrected chi connectivity index (χ3v) is 5.75. The minimum absolute atomic E-state index is 0.0258. The number of aliphatic hydroxyl groups excluding tert-OH is 1. The lowest BCUT2D eigenvalue weighted by Crippen LogP contribution is -2.28. The summed E-state index contributed by atoms with van der Waals surface area (Å²) >= 11 is 1.58. The van der Waals surface area contributed by atoms with Crippen molar-refractivity contribution in [1.82, 2.24) is 4.72 Å². The molecule has 7 nitrogen and oxygen atoms in total. The van der Waals surface area contributed by atoms with E-state index in [9.17, 15) is 18.3 Å². The fourth-order valence-corrected chi connectivity index (χ4v) is 3.55. The molecule has 140 valence electrons. The van der Waals surface area contributed by atoms with Crippen LogP contribution in [0.15, 0.2) is 58.3 Å². The lowest BCUT2D eigenvalue weighted by Gasteiger charge is -2.13. The van der Waals surface area contributed by atoms with Crippen molar-refractivity contribution in [3.63, 3.8) is 0 Å². The summed E-state index contributed by atoms with van der Waals surface area (Å²) in [7, 11) is -2.55. The van der Waals surface area contributed by atoms with Crippen molar-refractivity contribution in [2.24, 2.45) is 0 Å². The second kappa shape index (κ2) is 9.04. The molecule has 0 spiro atoms. The number of aliphatic hydroxyl groups is 1. The van der Waals surface area contributed by atoms with E-state index in [4.69, 9.17) is 0 Å². The number of carbonyl (C=O) groups excluding carboxylic acids is 1. The maximum absolute atomic E-state index is 12.3. The first-order valence-corrected chi connectivity index (χ1v) is 10.3. The van der Waals surface area contributed by atoms with Gasteiger partial charge in [-0.25, -0.2) is 17.9 Å². The number of ether oxygens (including phenoxy) is 1. The van der Waals surface area contributed by atoms with Gasteiger partial charge >= 0.3 is 6.09 Å². The normalized spacial score (nSPS) is 12.4. The van der Waals surface area contributed by atoms with E-state index in [0.717, 1.165) is 4.90 Å². The molecule has 0 bridgehead atoms. The number of anilines is 1. The molecule has 2 aromatic carbocycles. The number of rotatable bonds is 7. The molecule has 9 heteroatoms. The minimum Gasteiger partial charge on any atom is -0.453 e. The highest BCUT2D eigenvalue weighted by Gasteiger charge is 2.17. The molecule has 0 saturated carbocycles. The summed E-state index contributed by atoms with van der Waals surface area (Å²) in [6.45, 7) is -0.150. The fourth-order valence-electron chi connectivity index (χ4n) is 2.10. The van der Waals surface area contributed by atoms with Crippen LogP contribution in [0.5, 0.6) is 0 Å². The van der Waals surface area contributed by atoms with Gasteiger partial charge in [0.05, 0.1) is 18.1 Å². The quantitative estimate of drug-likeness (QED) is 0.622. The predicted octanol–water partition coefficient (Wildman–Crippen LogP) is 2.60. The van der Waals surface area contributed by atoms with Crippen LogP contribution in [0.4, 0.5) is 10.5 Å². The van der Waals surface area contributed by atoms with Crippen LogP contribution < -0.4 is 10.0 Å². The Labute approximate surface area is 156 Å². The Bertz CT molecular complexity index is 836. The second-order valence-corrected chi connectivity index (χ2v) is 7.93. The summed E-state index contributed by atoms with van der Waals surface area (Å²) in [5, 5.41) is 12.6. The number of methoxy groups -OCH3 is 1. The molecule has 3 N–H and O–H groups in total. The largest absolute Gasteiger partial charge is 0.453 e. The SMILES string of the molecule is COC(=O)Nc1ccc(S(=O)(=O)NC[C@H](O)c2ccc(SC)cc2)cc1. The first-order chi connectivity index (χ1) is 12.4. The van der Waals surface area contributed by atoms with Gasteiger partial charge in [-0.2, -0.15) is 0 Å². The Kier molecular flexibility index (Phi) is 7.04. The highest BCUT2D eigenvalue weighted by Crippen LogP contribution is 2.19. The smallest absolute Gasteiger partial charge is 0.411 e. The molecule has 0 aliphatic carbocycles. The van der Waals surface area contributed by atoms with Gasteiger partial charge < -0.3 is 9.84 Å². The first-order valence-electron chi connectivity index (χ1n) is 7.62. The highest BCUT2D eigenvalue weighted by atomic mass is 32.2. The minimum atomic E-state index is -3.79. The van der Waals surface area contributed by atoms with Gasteiger partial charge in [-0.05, 0) is 48.2 Å². The lowest BCUT2D eigenvalue weighted by atomic mass is 10.1. The van der Waals surface area contributed by atoms with E-state index in [2.05, 4.69) is 14.8 Å². The van der Waals surface area contributed by atoms with E-state index in [0.29, 0.717) is 11.3 Å². The number of sulfonamides is 1. The van der Waals surface area contributed by atoms with Gasteiger partial charge in [0, 0.05) is 17.1 Å². The molecule has 1 amide bonds. The van der Waals surface area contributed by atoms with Gasteiger partial charge in [0.15, 0.2) is 0 Å². The third-order valence-electron chi connectivity index (χ3n) is 3.56. The van der Waals surface area contributed by atoms with Crippen LogP contribution in [0.3, 0.4) is 0 Å². The Morgan fingerprint density at radius 2 is 1.77 bits per heavy atom. The number of carbonyl (C=O) groups is 1. The monoisotopic (exact) mass is 396 g/mol. The molecule has 1 atom stereocenters. The zero-order valence-electron chi connectivity index (χ0n) is 14.3. The van der Waals surface area contributed by atoms with Gasteiger partial charge in [-0.3, -0.25) is 5.32 Å². The number of hydrogen-bond acceptors (Lipinski definition) is 6. The van der Waals surface area contributed by atoms with Gasteiger partial charge in [-0.1, -0.05) is 12.1 Å². The molecule has 0 fully saturated rings. The van der Waals surface area contributed by atoms with Crippen molar-refractivity contribution in [2.45, 2.75) is 15.9 Å². The molecule has 0 aromatic heterocycles. The molecule has 2 aromatic rings. The first kappa shape index (κ1) is 20.2. The third kappa shape index (κ3) is 5.46. The fraction of sp³-hybridized carbons (Fsp3) is 0.235. The van der Waals surface area contributed by atoms with Gasteiger partial charge in [0.2, 0.25) is 10.0 Å². The number of hydrogen-bond donors (Lipinski definition) is 3. The van der Waals surface area contributed by atoms with Gasteiger partial charge in [0.1, 0.15) is 0 Å². The van der Waals surface area contributed by atoms with Crippen LogP contribution in [0.25, 0.3) is 0 Å². The summed E-state index contributed by atoms with van der Waals surface area (Å²) in [5.41, 5.74) is 1.04. The zero-order chi connectivity index (χ0) is 19.2. The molecule has 0 unspecified atom stereocenters. The topological polar surface area (TPSA) is 105 Å². The van der Waals surface area contributed by atoms with E-state index < -0.39 is 22.2 Å². The Hall–Kier alpha value is -2.07. The highest BCUT2D eigenvalue weighted by molar-refractivity contribution is 7.98. The summed E-state index contributed by atoms with van der Waals surface area (Å²) in [6, 6.07) is 12.9. The number of amides is 1. The van der Waals surface area contributed by atoms with E-state index >= 15 is 0 Å². The van der Waals surface area contributed by atoms with Crippen molar-refractivity contribution >= 4 is 33.6 Å². The second-order valence-electron chi connectivity index (χ2n) is 5.28. The number of thioether (sulfide) groups is 1. The van der Waals surface area contributed by atoms with Crippen molar-refractivity contribution in [3.05, 3.63) is 54.1 Å². The number of benzene rings is 2. The molecule has 26 heavy (non-hydrogen) atoms. The van der Waals surface area contributed by atoms with Gasteiger partial charge in [-0.15, -0.1) is 11.8 Å². The number of nitrogens with one attached hydrogen (secondary N) is 2. The van der Waals surface area contributed by atoms with Gasteiger partial charge in [0.25, 0.3) is 0 Å². The van der Waals surface area contributed by atoms with E-state index in [-0.39, 0.29) is 11.4 Å². The van der Waals surface area contributed by atoms with E-state index in [1.54, 1.807) is 23.9 Å².